The average molecular weight is 135 g/mol. The monoisotopic (exact) mass is 135 g/mol. The maximum absolute atomic E-state index is 3.78. The summed E-state index contributed by atoms with van der Waals surface area (Å²) in [6.07, 6.45) is 9.50. The zero-order valence-electron chi connectivity index (χ0n) is 6.16. The van der Waals surface area contributed by atoms with Gasteiger partial charge in [0.15, 0.2) is 0 Å². The number of aromatic nitrogens is 1. The van der Waals surface area contributed by atoms with Gasteiger partial charge in [-0.3, -0.25) is 4.98 Å². The van der Waals surface area contributed by atoms with Gasteiger partial charge in [-0.05, 0) is 12.1 Å². The molecule has 1 aliphatic rings. The molecule has 1 aromatic rings. The lowest BCUT2D eigenvalue weighted by Crippen LogP contribution is -1.85. The molecule has 1 aliphatic carbocycles. The number of rotatable bonds is 0. The zero-order valence-corrected chi connectivity index (χ0v) is 6.16. The van der Waals surface area contributed by atoms with Crippen LogP contribution in [-0.2, 0) is 0 Å². The smallest absolute Gasteiger partial charge is 0.0267 e. The molecule has 0 aromatic carbocycles. The Morgan fingerprint density at radius 1 is 0.700 bits per heavy atom. The van der Waals surface area contributed by atoms with Crippen LogP contribution in [0.2, 0.25) is 0 Å². The maximum atomic E-state index is 3.78. The van der Waals surface area contributed by atoms with Gasteiger partial charge in [-0.25, -0.2) is 0 Å². The number of nitrogens with zero attached hydrogens (tertiary/aromatic N) is 1. The molecule has 1 heterocycles. The zero-order chi connectivity index (χ0) is 7.07. The highest BCUT2D eigenvalue weighted by Gasteiger charge is 1.95. The van der Waals surface area contributed by atoms with Gasteiger partial charge in [0.05, 0.1) is 0 Å². The molecule has 10 heavy (non-hydrogen) atoms. The molecule has 1 heteroatoms. The lowest BCUT2D eigenvalue weighted by molar-refractivity contribution is 0.504. The highest BCUT2D eigenvalue weighted by Crippen LogP contribution is 2.15. The Kier molecular flexibility index (Phi) is 3.61. The van der Waals surface area contributed by atoms with Crippen LogP contribution in [0.15, 0.2) is 30.6 Å². The second kappa shape index (κ2) is 4.98. The molecule has 0 N–H and O–H groups in total. The van der Waals surface area contributed by atoms with E-state index in [9.17, 15) is 0 Å². The van der Waals surface area contributed by atoms with Crippen LogP contribution in [0, 0.1) is 0 Å². The molecule has 0 radical (unpaired) electrons. The van der Waals surface area contributed by atoms with E-state index in [-0.39, 0.29) is 0 Å². The molecular formula is C9H13N. The second-order valence-corrected chi connectivity index (χ2v) is 2.44. The van der Waals surface area contributed by atoms with Crippen molar-refractivity contribution in [2.75, 3.05) is 0 Å². The van der Waals surface area contributed by atoms with Crippen LogP contribution in [0.4, 0.5) is 0 Å². The van der Waals surface area contributed by atoms with Crippen LogP contribution in [0.3, 0.4) is 0 Å². The van der Waals surface area contributed by atoms with Gasteiger partial charge in [-0.1, -0.05) is 31.7 Å². The predicted molar refractivity (Wildman–Crippen MR) is 42.7 cm³/mol. The third kappa shape index (κ3) is 3.23. The van der Waals surface area contributed by atoms with Gasteiger partial charge < -0.3 is 0 Å². The van der Waals surface area contributed by atoms with Crippen molar-refractivity contribution in [2.24, 2.45) is 0 Å². The lowest BCUT2D eigenvalue weighted by Gasteiger charge is -2.05. The fourth-order valence-corrected chi connectivity index (χ4v) is 0.563. The van der Waals surface area contributed by atoms with Gasteiger partial charge in [0.1, 0.15) is 0 Å². The Morgan fingerprint density at radius 3 is 1.30 bits per heavy atom. The Hall–Kier alpha value is -0.850. The molecule has 0 unspecified atom stereocenters. The van der Waals surface area contributed by atoms with Crippen LogP contribution < -0.4 is 0 Å². The summed E-state index contributed by atoms with van der Waals surface area (Å²) in [5.41, 5.74) is 0. The Labute approximate surface area is 62.1 Å². The molecule has 1 fully saturated rings. The summed E-state index contributed by atoms with van der Waals surface area (Å²) >= 11 is 0. The van der Waals surface area contributed by atoms with Crippen molar-refractivity contribution in [1.82, 2.24) is 4.98 Å². The first kappa shape index (κ1) is 7.26. The summed E-state index contributed by atoms with van der Waals surface area (Å²) < 4.78 is 0. The van der Waals surface area contributed by atoms with E-state index < -0.39 is 0 Å². The summed E-state index contributed by atoms with van der Waals surface area (Å²) in [4.78, 5) is 3.78. The molecule has 0 amide bonds. The van der Waals surface area contributed by atoms with Gasteiger partial charge in [-0.15, -0.1) is 0 Å². The first-order chi connectivity index (χ1) is 5.00. The minimum atomic E-state index is 1.50. The topological polar surface area (TPSA) is 12.9 Å². The number of hydrogen-bond acceptors (Lipinski definition) is 1. The second-order valence-electron chi connectivity index (χ2n) is 2.44. The van der Waals surface area contributed by atoms with Crippen LogP contribution in [0.1, 0.15) is 25.7 Å². The molecule has 54 valence electrons. The molecule has 0 saturated heterocycles. The molecule has 0 atom stereocenters. The van der Waals surface area contributed by atoms with Crippen molar-refractivity contribution in [3.63, 3.8) is 0 Å². The van der Waals surface area contributed by atoms with Crippen molar-refractivity contribution < 1.29 is 0 Å². The van der Waals surface area contributed by atoms with E-state index in [1.54, 1.807) is 12.4 Å². The van der Waals surface area contributed by atoms with Crippen molar-refractivity contribution >= 4 is 0 Å². The van der Waals surface area contributed by atoms with Crippen molar-refractivity contribution in [3.8, 4) is 0 Å². The van der Waals surface area contributed by atoms with E-state index >= 15 is 0 Å². The lowest BCUT2D eigenvalue weighted by atomic mass is 10.0. The third-order valence-corrected chi connectivity index (χ3v) is 1.57. The van der Waals surface area contributed by atoms with Gasteiger partial charge in [0, 0.05) is 12.4 Å². The van der Waals surface area contributed by atoms with E-state index in [1.807, 2.05) is 18.2 Å². The molecular weight excluding hydrogens is 122 g/mol. The van der Waals surface area contributed by atoms with Crippen LogP contribution in [-0.4, -0.2) is 4.98 Å². The average Bonchev–Trinajstić information content (AvgIpc) is 1.88. The van der Waals surface area contributed by atoms with Crippen molar-refractivity contribution in [3.05, 3.63) is 30.6 Å². The molecule has 1 nitrogen and oxygen atoms in total. The van der Waals surface area contributed by atoms with E-state index in [4.69, 9.17) is 0 Å². The maximum Gasteiger partial charge on any atom is 0.0267 e. The predicted octanol–water partition coefficient (Wildman–Crippen LogP) is 2.64. The van der Waals surface area contributed by atoms with E-state index in [0.29, 0.717) is 0 Å². The Bertz CT molecular complexity index is 113. The number of hydrogen-bond donors (Lipinski definition) is 0. The molecule has 0 aliphatic heterocycles. The Balaban J connectivity index is 0.000000108. The molecule has 0 spiro atoms. The standard InChI is InChI=1S/C5H5N.C4H8/c1-2-4-6-5-3-1;1-2-4-3-1/h1-5H;1-4H2. The fraction of sp³-hybridized carbons (Fsp3) is 0.444. The largest absolute Gasteiger partial charge is 0.265 e. The van der Waals surface area contributed by atoms with E-state index in [2.05, 4.69) is 4.98 Å². The van der Waals surface area contributed by atoms with Gasteiger partial charge in [0.25, 0.3) is 0 Å². The van der Waals surface area contributed by atoms with E-state index in [1.165, 1.54) is 25.7 Å². The minimum absolute atomic E-state index is 1.50. The molecule has 2 rings (SSSR count). The minimum Gasteiger partial charge on any atom is -0.265 e. The SMILES string of the molecule is C1CCC1.c1ccncc1. The highest BCUT2D eigenvalue weighted by molar-refractivity contribution is 4.88. The van der Waals surface area contributed by atoms with Gasteiger partial charge in [0.2, 0.25) is 0 Å². The van der Waals surface area contributed by atoms with Crippen LogP contribution in [0.25, 0.3) is 0 Å². The molecule has 1 saturated carbocycles. The quantitative estimate of drug-likeness (QED) is 0.533. The highest BCUT2D eigenvalue weighted by atomic mass is 14.6. The normalized spacial score (nSPS) is 14.4. The van der Waals surface area contributed by atoms with Gasteiger partial charge >= 0.3 is 0 Å². The first-order valence-corrected chi connectivity index (χ1v) is 3.85. The molecule has 1 aromatic heterocycles. The first-order valence-electron chi connectivity index (χ1n) is 3.85. The summed E-state index contributed by atoms with van der Waals surface area (Å²) in [6.45, 7) is 0. The van der Waals surface area contributed by atoms with Gasteiger partial charge in [-0.2, -0.15) is 0 Å². The van der Waals surface area contributed by atoms with Crippen molar-refractivity contribution in [1.29, 1.82) is 0 Å². The van der Waals surface area contributed by atoms with Crippen LogP contribution >= 0.6 is 0 Å². The summed E-state index contributed by atoms with van der Waals surface area (Å²) in [5, 5.41) is 0. The fourth-order valence-electron chi connectivity index (χ4n) is 0.563. The third-order valence-electron chi connectivity index (χ3n) is 1.57. The van der Waals surface area contributed by atoms with Crippen LogP contribution in [0.5, 0.6) is 0 Å². The summed E-state index contributed by atoms with van der Waals surface area (Å²) in [5.74, 6) is 0. The Morgan fingerprint density at radius 2 is 1.20 bits per heavy atom. The summed E-state index contributed by atoms with van der Waals surface area (Å²) in [6, 6.07) is 5.72. The van der Waals surface area contributed by atoms with E-state index in [0.717, 1.165) is 0 Å². The molecule has 0 bridgehead atoms. The summed E-state index contributed by atoms with van der Waals surface area (Å²) in [7, 11) is 0. The van der Waals surface area contributed by atoms with Crippen molar-refractivity contribution in [2.45, 2.75) is 25.7 Å². The number of pyridine rings is 1.